The number of hydrogen-bond acceptors (Lipinski definition) is 6. The van der Waals surface area contributed by atoms with Crippen LogP contribution >= 0.6 is 0 Å². The van der Waals surface area contributed by atoms with Crippen LogP contribution in [0.5, 0.6) is 0 Å². The van der Waals surface area contributed by atoms with Crippen LogP contribution in [0.15, 0.2) is 41.5 Å². The smallest absolute Gasteiger partial charge is 0.407 e. The van der Waals surface area contributed by atoms with Crippen LogP contribution < -0.4 is 11.0 Å². The standard InChI is InChI=1S/C29H29F2N7O4/c1-36-12-18(26(31)35-36)24-22-15-6-4-14(5-7-15)8-16(30)13-42-21-10-17(9-19(21)33-28(39)41-3)38-25-20(37(2)29(38)40)11-32-27(34-24)23(22)25/h4-7,11-12,16-17,19,21H,8-10,13H2,1-3H3,(H,32,34)(H,33,39)/t16-,17-,19-,21+/m0/s1. The molecule has 4 bridgehead atoms. The minimum Gasteiger partial charge on any atom is -0.453 e. The number of carbonyl (C=O) groups is 1. The van der Waals surface area contributed by atoms with Crippen LogP contribution in [-0.2, 0) is 30.0 Å². The van der Waals surface area contributed by atoms with Crippen LogP contribution in [-0.4, -0.2) is 67.0 Å². The van der Waals surface area contributed by atoms with E-state index in [1.54, 1.807) is 31.1 Å². The van der Waals surface area contributed by atoms with Crippen molar-refractivity contribution < 1.29 is 23.0 Å². The van der Waals surface area contributed by atoms with Gasteiger partial charge in [-0.15, -0.1) is 5.10 Å². The van der Waals surface area contributed by atoms with Gasteiger partial charge >= 0.3 is 11.8 Å². The zero-order valence-corrected chi connectivity index (χ0v) is 23.2. The van der Waals surface area contributed by atoms with Crippen LogP contribution in [0.1, 0.15) is 24.4 Å². The van der Waals surface area contributed by atoms with Crippen LogP contribution in [0.4, 0.5) is 13.6 Å². The molecule has 0 spiro atoms. The molecular weight excluding hydrogens is 548 g/mol. The van der Waals surface area contributed by atoms with E-state index in [4.69, 9.17) is 9.47 Å². The first kappa shape index (κ1) is 26.4. The molecule has 5 aromatic rings. The van der Waals surface area contributed by atoms with E-state index in [-0.39, 0.29) is 24.3 Å². The van der Waals surface area contributed by atoms with Gasteiger partial charge in [0.25, 0.3) is 0 Å². The molecule has 1 fully saturated rings. The quantitative estimate of drug-likeness (QED) is 0.330. The molecule has 13 heteroatoms. The summed E-state index contributed by atoms with van der Waals surface area (Å²) in [6.07, 6.45) is 1.59. The number of imidazole rings is 1. The first-order valence-electron chi connectivity index (χ1n) is 13.7. The number of methoxy groups -OCH3 is 1. The largest absolute Gasteiger partial charge is 0.453 e. The summed E-state index contributed by atoms with van der Waals surface area (Å²) in [6, 6.07) is 6.51. The van der Waals surface area contributed by atoms with E-state index in [1.807, 2.05) is 24.3 Å². The molecule has 11 nitrogen and oxygen atoms in total. The summed E-state index contributed by atoms with van der Waals surface area (Å²) >= 11 is 0. The fourth-order valence-corrected chi connectivity index (χ4v) is 6.52. The maximum absolute atomic E-state index is 15.1. The lowest BCUT2D eigenvalue weighted by atomic mass is 9.97. The minimum absolute atomic E-state index is 0.135. The molecule has 6 heterocycles. The Hall–Kier alpha value is -4.52. The Kier molecular flexibility index (Phi) is 6.15. The number of ether oxygens (including phenoxy) is 2. The number of amides is 1. The number of halogens is 2. The van der Waals surface area contributed by atoms with Gasteiger partial charge in [-0.2, -0.15) is 4.39 Å². The maximum atomic E-state index is 15.1. The third-order valence-electron chi connectivity index (χ3n) is 8.45. The van der Waals surface area contributed by atoms with E-state index < -0.39 is 36.4 Å². The van der Waals surface area contributed by atoms with Gasteiger partial charge < -0.3 is 19.8 Å². The van der Waals surface area contributed by atoms with E-state index in [2.05, 4.69) is 20.4 Å². The number of alkyl halides is 1. The molecule has 1 saturated carbocycles. The first-order valence-corrected chi connectivity index (χ1v) is 13.7. The van der Waals surface area contributed by atoms with Gasteiger partial charge in [-0.3, -0.25) is 13.8 Å². The molecule has 1 aliphatic carbocycles. The number of H-pyrrole nitrogens is 1. The van der Waals surface area contributed by atoms with E-state index in [9.17, 15) is 9.59 Å². The van der Waals surface area contributed by atoms with Crippen molar-refractivity contribution in [2.24, 2.45) is 14.1 Å². The topological polar surface area (TPSA) is 121 Å². The number of alkyl carbamates (subject to hydrolysis) is 1. The van der Waals surface area contributed by atoms with Gasteiger partial charge in [0.2, 0.25) is 5.95 Å². The number of nitrogens with zero attached hydrogens (tertiary/aromatic N) is 5. The highest BCUT2D eigenvalue weighted by Crippen LogP contribution is 2.43. The van der Waals surface area contributed by atoms with Gasteiger partial charge in [-0.05, 0) is 24.0 Å². The molecule has 0 unspecified atom stereocenters. The van der Waals surface area contributed by atoms with E-state index in [1.165, 1.54) is 16.4 Å². The lowest BCUT2D eigenvalue weighted by molar-refractivity contribution is 0.00763. The van der Waals surface area contributed by atoms with Crippen molar-refractivity contribution in [3.05, 3.63) is 58.7 Å². The molecule has 0 saturated heterocycles. The first-order chi connectivity index (χ1) is 20.2. The molecule has 218 valence electrons. The summed E-state index contributed by atoms with van der Waals surface area (Å²) in [5.41, 5.74) is 4.32. The molecule has 2 aliphatic heterocycles. The highest BCUT2D eigenvalue weighted by molar-refractivity contribution is 6.14. The third kappa shape index (κ3) is 4.10. The van der Waals surface area contributed by atoms with Crippen LogP contribution in [0, 0.1) is 5.95 Å². The van der Waals surface area contributed by atoms with Gasteiger partial charge in [0.1, 0.15) is 11.8 Å². The highest BCUT2D eigenvalue weighted by atomic mass is 19.1. The Morgan fingerprint density at radius 2 is 2.00 bits per heavy atom. The number of aromatic amines is 1. The fourth-order valence-electron chi connectivity index (χ4n) is 6.52. The van der Waals surface area contributed by atoms with E-state index in [0.29, 0.717) is 46.2 Å². The number of aryl methyl sites for hydroxylation is 2. The van der Waals surface area contributed by atoms with Crippen LogP contribution in [0.2, 0.25) is 0 Å². The molecular formula is C29H29F2N7O4. The molecule has 3 aliphatic rings. The summed E-state index contributed by atoms with van der Waals surface area (Å²) in [6.45, 7) is -0.165. The second-order valence-electron chi connectivity index (χ2n) is 11.0. The number of carbonyl (C=O) groups excluding carboxylic acids is 1. The molecule has 2 N–H and O–H groups in total. The van der Waals surface area contributed by atoms with Crippen molar-refractivity contribution in [3.63, 3.8) is 0 Å². The summed E-state index contributed by atoms with van der Waals surface area (Å²) in [5, 5.41) is 7.36. The normalized spacial score (nSPS) is 22.1. The Labute approximate surface area is 238 Å². The van der Waals surface area contributed by atoms with Crippen molar-refractivity contribution in [1.29, 1.82) is 0 Å². The predicted molar refractivity (Wildman–Crippen MR) is 150 cm³/mol. The Morgan fingerprint density at radius 3 is 2.71 bits per heavy atom. The number of aromatic nitrogens is 6. The van der Waals surface area contributed by atoms with Gasteiger partial charge in [0, 0.05) is 38.3 Å². The molecule has 1 amide bonds. The SMILES string of the molecule is COC(=O)N[C@H]1C[C@H]2C[C@H]1OC[C@@H](F)Cc1ccc(cc1)-c1c(-c3cn(C)nc3F)[nH]c3ncc4c(c13)n2c(=O)n4C. The Bertz CT molecular complexity index is 1910. The predicted octanol–water partition coefficient (Wildman–Crippen LogP) is 3.76. The average molecular weight is 578 g/mol. The molecule has 42 heavy (non-hydrogen) atoms. The summed E-state index contributed by atoms with van der Waals surface area (Å²) < 4.78 is 45.8. The summed E-state index contributed by atoms with van der Waals surface area (Å²) in [7, 11) is 4.59. The molecule has 4 aromatic heterocycles. The number of fused-ring (bicyclic) bond motifs is 5. The van der Waals surface area contributed by atoms with Crippen molar-refractivity contribution in [2.45, 2.75) is 43.6 Å². The number of pyridine rings is 1. The van der Waals surface area contributed by atoms with Crippen LogP contribution in [0.25, 0.3) is 44.5 Å². The van der Waals surface area contributed by atoms with Gasteiger partial charge in [-0.1, -0.05) is 24.3 Å². The zero-order valence-electron chi connectivity index (χ0n) is 23.2. The van der Waals surface area contributed by atoms with E-state index >= 15 is 8.78 Å². The third-order valence-corrected chi connectivity index (χ3v) is 8.45. The van der Waals surface area contributed by atoms with Gasteiger partial charge in [0.15, 0.2) is 0 Å². The van der Waals surface area contributed by atoms with Crippen molar-refractivity contribution in [2.75, 3.05) is 13.7 Å². The molecule has 1 aromatic carbocycles. The lowest BCUT2D eigenvalue weighted by Gasteiger charge is -2.21. The molecule has 4 atom stereocenters. The van der Waals surface area contributed by atoms with E-state index in [0.717, 1.165) is 11.1 Å². The second kappa shape index (κ2) is 9.79. The number of rotatable bonds is 2. The summed E-state index contributed by atoms with van der Waals surface area (Å²) in [4.78, 5) is 34.0. The van der Waals surface area contributed by atoms with Crippen molar-refractivity contribution >= 4 is 28.2 Å². The van der Waals surface area contributed by atoms with Crippen LogP contribution in [0.3, 0.4) is 0 Å². The monoisotopic (exact) mass is 577 g/mol. The fraction of sp³-hybridized carbons (Fsp3) is 0.379. The number of hydrogen-bond donors (Lipinski definition) is 2. The van der Waals surface area contributed by atoms with Crippen molar-refractivity contribution in [3.8, 4) is 22.4 Å². The highest BCUT2D eigenvalue weighted by Gasteiger charge is 2.40. The van der Waals surface area contributed by atoms with Gasteiger partial charge in [0.05, 0.1) is 59.7 Å². The van der Waals surface area contributed by atoms with Gasteiger partial charge in [-0.25, -0.2) is 19.0 Å². The average Bonchev–Trinajstić information content (AvgIpc) is 3.70. The maximum Gasteiger partial charge on any atom is 0.407 e. The summed E-state index contributed by atoms with van der Waals surface area (Å²) in [5.74, 6) is -0.651. The van der Waals surface area contributed by atoms with Crippen molar-refractivity contribution in [1.82, 2.24) is 34.2 Å². The molecule has 0 radical (unpaired) electrons. The minimum atomic E-state index is -1.29. The Morgan fingerprint density at radius 1 is 1.21 bits per heavy atom. The molecule has 8 rings (SSSR count). The second-order valence-corrected chi connectivity index (χ2v) is 11.0. The zero-order chi connectivity index (χ0) is 29.3. The number of benzene rings is 1. The Balaban J connectivity index is 1.54. The lowest BCUT2D eigenvalue weighted by Crippen LogP contribution is -2.41. The number of nitrogens with one attached hydrogen (secondary N) is 2.